The van der Waals surface area contributed by atoms with E-state index in [9.17, 15) is 8.78 Å². The second-order valence-electron chi connectivity index (χ2n) is 5.65. The molecule has 1 heterocycles. The summed E-state index contributed by atoms with van der Waals surface area (Å²) >= 11 is 6.09. The summed E-state index contributed by atoms with van der Waals surface area (Å²) in [6.45, 7) is 4.82. The van der Waals surface area contributed by atoms with Crippen LogP contribution >= 0.6 is 11.6 Å². The van der Waals surface area contributed by atoms with Crippen LogP contribution in [-0.4, -0.2) is 24.9 Å². The summed E-state index contributed by atoms with van der Waals surface area (Å²) in [4.78, 5) is 0. The van der Waals surface area contributed by atoms with Crippen molar-refractivity contribution >= 4 is 24.2 Å². The van der Waals surface area contributed by atoms with Crippen LogP contribution in [0.25, 0.3) is 0 Å². The Morgan fingerprint density at radius 2 is 1.70 bits per heavy atom. The summed E-state index contributed by atoms with van der Waals surface area (Å²) in [7, 11) is -0.631. The van der Waals surface area contributed by atoms with Crippen LogP contribution in [0.4, 0.5) is 8.78 Å². The Balaban J connectivity index is 2.23. The van der Waals surface area contributed by atoms with Gasteiger partial charge in [0.25, 0.3) is 0 Å². The van der Waals surface area contributed by atoms with Gasteiger partial charge in [-0.1, -0.05) is 17.7 Å². The van der Waals surface area contributed by atoms with Crippen LogP contribution in [0, 0.1) is 0 Å². The molecule has 7 heteroatoms. The third-order valence-electron chi connectivity index (χ3n) is 3.70. The van der Waals surface area contributed by atoms with Crippen molar-refractivity contribution in [3.63, 3.8) is 0 Å². The topological polar surface area (TPSA) is 27.7 Å². The van der Waals surface area contributed by atoms with Gasteiger partial charge in [-0.25, -0.2) is 0 Å². The molecule has 0 amide bonds. The molecule has 1 aliphatic rings. The largest absolute Gasteiger partial charge is 0.496 e. The smallest absolute Gasteiger partial charge is 0.435 e. The lowest BCUT2D eigenvalue weighted by molar-refractivity contribution is -0.0498. The summed E-state index contributed by atoms with van der Waals surface area (Å²) in [5.74, 6) is 0.00488. The summed E-state index contributed by atoms with van der Waals surface area (Å²) in [5.41, 5.74) is -0.384. The van der Waals surface area contributed by atoms with Gasteiger partial charge in [0, 0.05) is 10.5 Å². The van der Waals surface area contributed by atoms with Crippen molar-refractivity contribution in [3.05, 3.63) is 23.2 Å². The molecule has 0 unspecified atom stereocenters. The van der Waals surface area contributed by atoms with Crippen LogP contribution in [0.3, 0.4) is 0 Å². The zero-order valence-electron chi connectivity index (χ0n) is 11.7. The van der Waals surface area contributed by atoms with E-state index in [1.165, 1.54) is 12.1 Å². The Morgan fingerprint density at radius 3 is 2.15 bits per heavy atom. The van der Waals surface area contributed by atoms with Crippen LogP contribution in [0.2, 0.25) is 5.02 Å². The van der Waals surface area contributed by atoms with Gasteiger partial charge in [-0.3, -0.25) is 0 Å². The summed E-state index contributed by atoms with van der Waals surface area (Å²) in [6.07, 6.45) is 0. The average molecular weight is 305 g/mol. The van der Waals surface area contributed by atoms with E-state index in [2.05, 4.69) is 4.74 Å². The molecule has 0 atom stereocenters. The van der Waals surface area contributed by atoms with Crippen LogP contribution in [0.5, 0.6) is 5.75 Å². The number of halogens is 3. The maximum Gasteiger partial charge on any atom is 0.496 e. The number of hydrogen-bond acceptors (Lipinski definition) is 3. The first-order valence-corrected chi connectivity index (χ1v) is 6.60. The molecule has 3 nitrogen and oxygen atoms in total. The number of hydrogen-bond donors (Lipinski definition) is 0. The fourth-order valence-electron chi connectivity index (χ4n) is 1.85. The molecule has 20 heavy (non-hydrogen) atoms. The molecule has 1 saturated heterocycles. The number of benzene rings is 1. The van der Waals surface area contributed by atoms with Gasteiger partial charge >= 0.3 is 13.7 Å². The van der Waals surface area contributed by atoms with Gasteiger partial charge in [-0.15, -0.1) is 0 Å². The van der Waals surface area contributed by atoms with E-state index in [0.29, 0.717) is 5.46 Å². The van der Waals surface area contributed by atoms with Crippen LogP contribution < -0.4 is 10.2 Å². The highest BCUT2D eigenvalue weighted by Gasteiger charge is 2.52. The Hall–Kier alpha value is -0.845. The van der Waals surface area contributed by atoms with Crippen molar-refractivity contribution in [1.82, 2.24) is 0 Å². The first-order chi connectivity index (χ1) is 9.12. The summed E-state index contributed by atoms with van der Waals surface area (Å²) in [5, 5.41) is 0.265. The van der Waals surface area contributed by atoms with Crippen molar-refractivity contribution in [3.8, 4) is 5.75 Å². The fraction of sp³-hybridized carbons (Fsp3) is 0.538. The first kappa shape index (κ1) is 15.5. The minimum atomic E-state index is -2.88. The quantitative estimate of drug-likeness (QED) is 0.802. The third-order valence-corrected chi connectivity index (χ3v) is 4.03. The monoisotopic (exact) mass is 304 g/mol. The minimum Gasteiger partial charge on any atom is -0.435 e. The Morgan fingerprint density at radius 1 is 1.15 bits per heavy atom. The van der Waals surface area contributed by atoms with E-state index in [1.54, 1.807) is 6.07 Å². The van der Waals surface area contributed by atoms with Gasteiger partial charge in [-0.05, 0) is 39.8 Å². The van der Waals surface area contributed by atoms with Crippen LogP contribution in [0.1, 0.15) is 27.7 Å². The molecule has 1 aliphatic heterocycles. The third kappa shape index (κ3) is 2.92. The van der Waals surface area contributed by atoms with E-state index in [0.717, 1.165) is 0 Å². The highest BCUT2D eigenvalue weighted by Crippen LogP contribution is 2.37. The molecule has 1 aromatic carbocycles. The molecule has 2 rings (SSSR count). The van der Waals surface area contributed by atoms with Gasteiger partial charge < -0.3 is 14.0 Å². The van der Waals surface area contributed by atoms with Crippen molar-refractivity contribution in [2.24, 2.45) is 0 Å². The molecule has 0 aliphatic carbocycles. The van der Waals surface area contributed by atoms with Gasteiger partial charge in [0.05, 0.1) is 11.2 Å². The lowest BCUT2D eigenvalue weighted by atomic mass is 9.79. The van der Waals surface area contributed by atoms with E-state index in [1.807, 2.05) is 27.7 Å². The van der Waals surface area contributed by atoms with Crippen molar-refractivity contribution in [2.75, 3.05) is 0 Å². The van der Waals surface area contributed by atoms with Gasteiger partial charge in [0.15, 0.2) is 0 Å². The molecule has 0 radical (unpaired) electrons. The number of rotatable bonds is 3. The maximum atomic E-state index is 12.1. The highest BCUT2D eigenvalue weighted by molar-refractivity contribution is 6.65. The van der Waals surface area contributed by atoms with Crippen LogP contribution in [-0.2, 0) is 9.31 Å². The Bertz CT molecular complexity index is 492. The molecule has 0 saturated carbocycles. The van der Waals surface area contributed by atoms with E-state index >= 15 is 0 Å². The highest BCUT2D eigenvalue weighted by atomic mass is 35.5. The van der Waals surface area contributed by atoms with Crippen molar-refractivity contribution < 1.29 is 22.8 Å². The van der Waals surface area contributed by atoms with Crippen LogP contribution in [0.15, 0.2) is 18.2 Å². The number of ether oxygens (including phenoxy) is 1. The molecule has 1 aromatic rings. The lowest BCUT2D eigenvalue weighted by Crippen LogP contribution is -2.41. The van der Waals surface area contributed by atoms with E-state index in [4.69, 9.17) is 20.9 Å². The van der Waals surface area contributed by atoms with Gasteiger partial charge in [0.1, 0.15) is 5.75 Å². The van der Waals surface area contributed by atoms with Crippen molar-refractivity contribution in [2.45, 2.75) is 45.5 Å². The Kier molecular flexibility index (Phi) is 4.02. The average Bonchev–Trinajstić information content (AvgIpc) is 2.46. The lowest BCUT2D eigenvalue weighted by Gasteiger charge is -2.32. The summed E-state index contributed by atoms with van der Waals surface area (Å²) < 4.78 is 40.3. The predicted molar refractivity (Wildman–Crippen MR) is 73.8 cm³/mol. The second-order valence-corrected chi connectivity index (χ2v) is 6.06. The van der Waals surface area contributed by atoms with Crippen molar-refractivity contribution in [1.29, 1.82) is 0 Å². The first-order valence-electron chi connectivity index (χ1n) is 6.22. The Labute approximate surface area is 122 Å². The van der Waals surface area contributed by atoms with E-state index < -0.39 is 24.9 Å². The molecular formula is C13H16BClF2O3. The normalized spacial score (nSPS) is 20.5. The maximum absolute atomic E-state index is 12.1. The second kappa shape index (κ2) is 5.17. The zero-order chi connectivity index (χ0) is 15.1. The molecular weight excluding hydrogens is 288 g/mol. The zero-order valence-corrected chi connectivity index (χ0v) is 12.5. The standard InChI is InChI=1S/C13H16BClF2O3/c1-12(2)13(3,4)20-14(19-12)9-6-5-8(7-10(9)15)18-11(16)17/h5-7,11H,1-4H3. The minimum absolute atomic E-state index is 0.00488. The number of alkyl halides is 2. The fourth-order valence-corrected chi connectivity index (χ4v) is 2.10. The van der Waals surface area contributed by atoms with Gasteiger partial charge in [0.2, 0.25) is 0 Å². The predicted octanol–water partition coefficient (Wildman–Crippen LogP) is 3.24. The molecule has 0 aromatic heterocycles. The van der Waals surface area contributed by atoms with Gasteiger partial charge in [-0.2, -0.15) is 8.78 Å². The molecule has 1 fully saturated rings. The van der Waals surface area contributed by atoms with E-state index in [-0.39, 0.29) is 10.8 Å². The molecule has 0 bridgehead atoms. The SMILES string of the molecule is CC1(C)OB(c2ccc(OC(F)F)cc2Cl)OC1(C)C. The molecule has 110 valence electrons. The summed E-state index contributed by atoms with van der Waals surface area (Å²) in [6, 6.07) is 4.31. The molecule has 0 spiro atoms. The molecule has 0 N–H and O–H groups in total.